The summed E-state index contributed by atoms with van der Waals surface area (Å²) in [5.41, 5.74) is 2.17. The van der Waals surface area contributed by atoms with Gasteiger partial charge in [-0.05, 0) is 67.4 Å². The fourth-order valence-corrected chi connectivity index (χ4v) is 4.65. The van der Waals surface area contributed by atoms with Crippen LogP contribution in [0, 0.1) is 5.92 Å². The Hall–Kier alpha value is -3.84. The zero-order chi connectivity index (χ0) is 24.4. The first-order valence-corrected chi connectivity index (χ1v) is 12.0. The van der Waals surface area contributed by atoms with Crippen molar-refractivity contribution in [2.75, 3.05) is 23.2 Å². The summed E-state index contributed by atoms with van der Waals surface area (Å²) in [5, 5.41) is 1.69. The molecule has 3 atom stereocenters. The van der Waals surface area contributed by atoms with Crippen molar-refractivity contribution in [3.63, 3.8) is 0 Å². The van der Waals surface area contributed by atoms with E-state index in [0.29, 0.717) is 24.7 Å². The van der Waals surface area contributed by atoms with Crippen LogP contribution in [0.3, 0.4) is 0 Å². The fraction of sp³-hybridized carbons (Fsp3) is 0.286. The Morgan fingerprint density at radius 3 is 2.09 bits per heavy atom. The van der Waals surface area contributed by atoms with E-state index in [2.05, 4.69) is 0 Å². The van der Waals surface area contributed by atoms with Crippen molar-refractivity contribution in [1.29, 1.82) is 0 Å². The van der Waals surface area contributed by atoms with Crippen molar-refractivity contribution in [1.82, 2.24) is 0 Å². The number of hydroxylamine groups is 1. The van der Waals surface area contributed by atoms with E-state index >= 15 is 0 Å². The zero-order valence-electron chi connectivity index (χ0n) is 19.8. The van der Waals surface area contributed by atoms with Crippen LogP contribution < -0.4 is 19.4 Å². The highest BCUT2D eigenvalue weighted by Crippen LogP contribution is 2.47. The molecule has 35 heavy (non-hydrogen) atoms. The summed E-state index contributed by atoms with van der Waals surface area (Å²) in [6, 6.07) is 23.7. The van der Waals surface area contributed by atoms with Gasteiger partial charge in [0.2, 0.25) is 5.91 Å². The third kappa shape index (κ3) is 4.23. The summed E-state index contributed by atoms with van der Waals surface area (Å²) in [5.74, 6) is 0.125. The van der Waals surface area contributed by atoms with Gasteiger partial charge in [0.25, 0.3) is 5.91 Å². The summed E-state index contributed by atoms with van der Waals surface area (Å²) in [4.78, 5) is 34.6. The molecule has 2 aliphatic heterocycles. The summed E-state index contributed by atoms with van der Waals surface area (Å²) >= 11 is 0. The number of carbonyl (C=O) groups excluding carboxylic acids is 2. The first-order chi connectivity index (χ1) is 17.1. The van der Waals surface area contributed by atoms with Gasteiger partial charge >= 0.3 is 0 Å². The Labute approximate surface area is 204 Å². The number of carbonyl (C=O) groups is 2. The second kappa shape index (κ2) is 9.80. The topological polar surface area (TPSA) is 68.3 Å². The summed E-state index contributed by atoms with van der Waals surface area (Å²) < 4.78 is 11.2. The normalized spacial score (nSPS) is 21.4. The Balaban J connectivity index is 1.48. The lowest BCUT2D eigenvalue weighted by atomic mass is 9.90. The molecule has 2 amide bonds. The lowest BCUT2D eigenvalue weighted by Gasteiger charge is -2.29. The molecular weight excluding hydrogens is 444 g/mol. The Kier molecular flexibility index (Phi) is 6.42. The maximum atomic E-state index is 13.7. The third-order valence-electron chi connectivity index (χ3n) is 6.23. The SMILES string of the molecule is CCCOc1ccc(N2C(=O)[C@H]3[C@@H](ON(c4ccccc4)[C@H]3c3ccc(OCC)cc3)C2=O)cc1. The fourth-order valence-electron chi connectivity index (χ4n) is 4.65. The van der Waals surface area contributed by atoms with Crippen molar-refractivity contribution in [2.24, 2.45) is 5.92 Å². The van der Waals surface area contributed by atoms with E-state index in [4.69, 9.17) is 14.3 Å². The quantitative estimate of drug-likeness (QED) is 0.433. The molecule has 0 unspecified atom stereocenters. The number of nitrogens with zero attached hydrogens (tertiary/aromatic N) is 2. The van der Waals surface area contributed by atoms with Crippen LogP contribution in [0.15, 0.2) is 78.9 Å². The van der Waals surface area contributed by atoms with Crippen molar-refractivity contribution >= 4 is 23.2 Å². The van der Waals surface area contributed by atoms with Crippen molar-refractivity contribution in [3.05, 3.63) is 84.4 Å². The molecule has 7 heteroatoms. The van der Waals surface area contributed by atoms with Gasteiger partial charge in [-0.25, -0.2) is 9.96 Å². The number of amides is 2. The molecular formula is C28H28N2O5. The van der Waals surface area contributed by atoms with Crippen LogP contribution in [0.25, 0.3) is 0 Å². The van der Waals surface area contributed by atoms with E-state index in [9.17, 15) is 9.59 Å². The number of fused-ring (bicyclic) bond motifs is 1. The van der Waals surface area contributed by atoms with Gasteiger partial charge in [0.1, 0.15) is 17.4 Å². The molecule has 0 spiro atoms. The van der Waals surface area contributed by atoms with Crippen LogP contribution in [0.2, 0.25) is 0 Å². The van der Waals surface area contributed by atoms with E-state index in [1.165, 1.54) is 4.90 Å². The molecule has 5 rings (SSSR count). The molecule has 2 heterocycles. The number of rotatable bonds is 8. The van der Waals surface area contributed by atoms with Crippen molar-refractivity contribution in [3.8, 4) is 11.5 Å². The Morgan fingerprint density at radius 1 is 0.771 bits per heavy atom. The minimum Gasteiger partial charge on any atom is -0.494 e. The van der Waals surface area contributed by atoms with Gasteiger partial charge in [0.15, 0.2) is 6.10 Å². The second-order valence-electron chi connectivity index (χ2n) is 8.51. The third-order valence-corrected chi connectivity index (χ3v) is 6.23. The van der Waals surface area contributed by atoms with Gasteiger partial charge in [-0.3, -0.25) is 14.4 Å². The second-order valence-corrected chi connectivity index (χ2v) is 8.51. The predicted octanol–water partition coefficient (Wildman–Crippen LogP) is 4.93. The van der Waals surface area contributed by atoms with Crippen molar-refractivity contribution < 1.29 is 23.9 Å². The van der Waals surface area contributed by atoms with Crippen LogP contribution in [-0.2, 0) is 14.4 Å². The summed E-state index contributed by atoms with van der Waals surface area (Å²) in [7, 11) is 0. The molecule has 0 radical (unpaired) electrons. The number of hydrogen-bond donors (Lipinski definition) is 0. The Bertz CT molecular complexity index is 1180. The molecule has 0 aliphatic carbocycles. The standard InChI is InChI=1S/C28H28N2O5/c1-3-18-34-23-16-12-20(13-17-23)29-27(31)24-25(19-10-14-22(15-11-19)33-4-2)30(35-26(24)28(29)32)21-8-6-5-7-9-21/h5-17,24-26H,3-4,18H2,1-2H3/t24-,25+,26-/m1/s1. The molecule has 3 aromatic rings. The highest BCUT2D eigenvalue weighted by Gasteiger charge is 2.60. The molecule has 0 aromatic heterocycles. The number of benzene rings is 3. The summed E-state index contributed by atoms with van der Waals surface area (Å²) in [6.07, 6.45) is -0.00793. The van der Waals surface area contributed by atoms with E-state index < -0.39 is 18.1 Å². The van der Waals surface area contributed by atoms with Crippen LogP contribution in [0.5, 0.6) is 11.5 Å². The average molecular weight is 473 g/mol. The molecule has 180 valence electrons. The van der Waals surface area contributed by atoms with E-state index in [1.54, 1.807) is 29.3 Å². The number of ether oxygens (including phenoxy) is 2. The molecule has 2 saturated heterocycles. The van der Waals surface area contributed by atoms with Gasteiger partial charge in [-0.1, -0.05) is 37.3 Å². The Morgan fingerprint density at radius 2 is 1.43 bits per heavy atom. The lowest BCUT2D eigenvalue weighted by Crippen LogP contribution is -2.37. The van der Waals surface area contributed by atoms with Crippen LogP contribution in [0.4, 0.5) is 11.4 Å². The van der Waals surface area contributed by atoms with E-state index in [0.717, 1.165) is 23.4 Å². The minimum atomic E-state index is -0.907. The number of para-hydroxylation sites is 1. The van der Waals surface area contributed by atoms with Gasteiger partial charge in [-0.2, -0.15) is 0 Å². The predicted molar refractivity (Wildman–Crippen MR) is 132 cm³/mol. The molecule has 2 aliphatic rings. The molecule has 0 bridgehead atoms. The molecule has 2 fully saturated rings. The molecule has 3 aromatic carbocycles. The van der Waals surface area contributed by atoms with Gasteiger partial charge in [0, 0.05) is 0 Å². The zero-order valence-corrected chi connectivity index (χ0v) is 19.8. The average Bonchev–Trinajstić information content (AvgIpc) is 3.40. The largest absolute Gasteiger partial charge is 0.494 e. The van der Waals surface area contributed by atoms with Gasteiger partial charge in [0.05, 0.1) is 30.6 Å². The van der Waals surface area contributed by atoms with Crippen molar-refractivity contribution in [2.45, 2.75) is 32.4 Å². The van der Waals surface area contributed by atoms with Crippen LogP contribution >= 0.6 is 0 Å². The maximum Gasteiger partial charge on any atom is 0.266 e. The monoisotopic (exact) mass is 472 g/mol. The first kappa shape index (κ1) is 22.9. The highest BCUT2D eigenvalue weighted by atomic mass is 16.7. The number of anilines is 2. The number of imide groups is 1. The molecule has 0 N–H and O–H groups in total. The number of hydrogen-bond acceptors (Lipinski definition) is 6. The van der Waals surface area contributed by atoms with E-state index in [-0.39, 0.29) is 11.8 Å². The van der Waals surface area contributed by atoms with E-state index in [1.807, 2.05) is 68.4 Å². The van der Waals surface area contributed by atoms with Gasteiger partial charge in [-0.15, -0.1) is 0 Å². The highest BCUT2D eigenvalue weighted by molar-refractivity contribution is 6.23. The molecule has 0 saturated carbocycles. The van der Waals surface area contributed by atoms with Crippen LogP contribution in [-0.4, -0.2) is 31.1 Å². The smallest absolute Gasteiger partial charge is 0.266 e. The van der Waals surface area contributed by atoms with Gasteiger partial charge < -0.3 is 9.47 Å². The maximum absolute atomic E-state index is 13.7. The first-order valence-electron chi connectivity index (χ1n) is 12.0. The summed E-state index contributed by atoms with van der Waals surface area (Å²) in [6.45, 7) is 5.14. The van der Waals surface area contributed by atoms with Crippen LogP contribution in [0.1, 0.15) is 31.9 Å². The lowest BCUT2D eigenvalue weighted by molar-refractivity contribution is -0.126. The minimum absolute atomic E-state index is 0.278. The molecule has 7 nitrogen and oxygen atoms in total.